The lowest BCUT2D eigenvalue weighted by Crippen LogP contribution is -1.94. The Morgan fingerprint density at radius 2 is 1.85 bits per heavy atom. The molecule has 3 aromatic heterocycles. The van der Waals surface area contributed by atoms with E-state index in [1.807, 2.05) is 49.1 Å². The van der Waals surface area contributed by atoms with Crippen molar-refractivity contribution < 1.29 is 9.59 Å². The highest BCUT2D eigenvalue weighted by Gasteiger charge is 2.19. The van der Waals surface area contributed by atoms with Gasteiger partial charge in [0, 0.05) is 35.8 Å². The van der Waals surface area contributed by atoms with E-state index < -0.39 is 0 Å². The maximum absolute atomic E-state index is 8.12. The molecule has 0 aliphatic carbocycles. The maximum atomic E-state index is 8.12. The number of rotatable bonds is 6. The van der Waals surface area contributed by atoms with Gasteiger partial charge in [-0.1, -0.05) is 54.5 Å². The molecule has 3 heterocycles. The lowest BCUT2D eigenvalue weighted by atomic mass is 10.1. The molecule has 0 saturated heterocycles. The van der Waals surface area contributed by atoms with E-state index in [0.29, 0.717) is 15.3 Å². The second kappa shape index (κ2) is 11.6. The molecule has 4 rings (SSSR count). The summed E-state index contributed by atoms with van der Waals surface area (Å²) in [5.41, 5.74) is 4.87. The van der Waals surface area contributed by atoms with Crippen molar-refractivity contribution >= 4 is 58.3 Å². The van der Waals surface area contributed by atoms with Crippen molar-refractivity contribution in [2.75, 3.05) is 12.4 Å². The van der Waals surface area contributed by atoms with Crippen LogP contribution in [0.3, 0.4) is 0 Å². The third-order valence-electron chi connectivity index (χ3n) is 4.54. The first-order valence-electron chi connectivity index (χ1n) is 10.1. The zero-order chi connectivity index (χ0) is 24.8. The molecule has 0 aliphatic rings. The third kappa shape index (κ3) is 6.05. The fraction of sp³-hybridized carbons (Fsp3) is 0.217. The van der Waals surface area contributed by atoms with Gasteiger partial charge in [-0.25, -0.2) is 14.6 Å². The molecular weight excluding hydrogens is 513 g/mol. The van der Waals surface area contributed by atoms with Crippen LogP contribution in [0.15, 0.2) is 46.9 Å². The first kappa shape index (κ1) is 25.9. The topological polar surface area (TPSA) is 89.8 Å². The number of benzene rings is 1. The Hall–Kier alpha value is -2.68. The van der Waals surface area contributed by atoms with Crippen LogP contribution in [0.2, 0.25) is 10.0 Å². The average Bonchev–Trinajstić information content (AvgIpc) is 3.39. The summed E-state index contributed by atoms with van der Waals surface area (Å²) in [5, 5.41) is 10.1. The van der Waals surface area contributed by atoms with Crippen molar-refractivity contribution in [3.63, 3.8) is 0 Å². The number of hydrogen-bond acceptors (Lipinski definition) is 8. The molecule has 4 aromatic rings. The summed E-state index contributed by atoms with van der Waals surface area (Å²) >= 11 is 15.8. The van der Waals surface area contributed by atoms with Crippen molar-refractivity contribution in [1.82, 2.24) is 19.7 Å². The minimum absolute atomic E-state index is 0.250. The molecule has 7 nitrogen and oxygen atoms in total. The van der Waals surface area contributed by atoms with E-state index in [0.717, 1.165) is 43.2 Å². The zero-order valence-corrected chi connectivity index (χ0v) is 21.9. The largest absolute Gasteiger partial charge is 0.373 e. The van der Waals surface area contributed by atoms with E-state index in [2.05, 4.69) is 24.1 Å². The molecule has 0 atom stereocenters. The summed E-state index contributed by atoms with van der Waals surface area (Å²) in [5.74, 6) is 0.816. The molecule has 0 unspecified atom stereocenters. The van der Waals surface area contributed by atoms with E-state index in [4.69, 9.17) is 42.9 Å². The summed E-state index contributed by atoms with van der Waals surface area (Å²) in [6.45, 7) is 6.34. The highest BCUT2D eigenvalue weighted by Crippen LogP contribution is 2.41. The predicted molar refractivity (Wildman–Crippen MR) is 138 cm³/mol. The molecule has 34 heavy (non-hydrogen) atoms. The maximum Gasteiger partial charge on any atom is 0.373 e. The molecule has 0 spiro atoms. The first-order valence-corrected chi connectivity index (χ1v) is 12.6. The zero-order valence-electron chi connectivity index (χ0n) is 18.8. The predicted octanol–water partition coefficient (Wildman–Crippen LogP) is 6.63. The van der Waals surface area contributed by atoms with Crippen LogP contribution in [-0.4, -0.2) is 38.2 Å². The van der Waals surface area contributed by atoms with Crippen LogP contribution in [0.5, 0.6) is 0 Å². The Balaban J connectivity index is 0.00000103. The van der Waals surface area contributed by atoms with Crippen molar-refractivity contribution in [1.29, 1.82) is 0 Å². The van der Waals surface area contributed by atoms with Crippen LogP contribution in [0, 0.1) is 6.92 Å². The number of hydrogen-bond donors (Lipinski definition) is 1. The first-order chi connectivity index (χ1) is 16.3. The van der Waals surface area contributed by atoms with Crippen molar-refractivity contribution in [3.8, 4) is 27.5 Å². The van der Waals surface area contributed by atoms with E-state index in [-0.39, 0.29) is 6.15 Å². The summed E-state index contributed by atoms with van der Waals surface area (Å²) in [4.78, 5) is 25.5. The fourth-order valence-electron chi connectivity index (χ4n) is 3.09. The second-order valence-corrected chi connectivity index (χ2v) is 10.9. The van der Waals surface area contributed by atoms with Gasteiger partial charge >= 0.3 is 6.15 Å². The molecule has 0 saturated carbocycles. The Morgan fingerprint density at radius 1 is 1.12 bits per heavy atom. The van der Waals surface area contributed by atoms with Gasteiger partial charge in [-0.05, 0) is 36.8 Å². The highest BCUT2D eigenvalue weighted by atomic mass is 35.5. The van der Waals surface area contributed by atoms with Crippen LogP contribution < -0.4 is 5.32 Å². The van der Waals surface area contributed by atoms with Gasteiger partial charge in [0.25, 0.3) is 0 Å². The fourth-order valence-corrected chi connectivity index (χ4v) is 5.83. The number of nitrogens with zero attached hydrogens (tertiary/aromatic N) is 4. The standard InChI is InChI=1S/C22H21Cl2N5S2.CO2/c1-12(2)30-21-20(15-5-6-17(23)18(24)9-15)27-22(31-21)29-11-16(13(3)28-29)14-7-8-26-19(10-14)25-4;2-1-3/h5-12H,1-4H3,(H,25,26);. The van der Waals surface area contributed by atoms with Crippen molar-refractivity contribution in [3.05, 3.63) is 58.5 Å². The number of thioether (sulfide) groups is 1. The van der Waals surface area contributed by atoms with Crippen LogP contribution in [0.1, 0.15) is 19.5 Å². The van der Waals surface area contributed by atoms with Gasteiger partial charge in [-0.2, -0.15) is 14.7 Å². The number of aromatic nitrogens is 4. The molecule has 1 N–H and O–H groups in total. The lowest BCUT2D eigenvalue weighted by molar-refractivity contribution is -0.191. The Labute approximate surface area is 215 Å². The Bertz CT molecular complexity index is 1330. The van der Waals surface area contributed by atoms with Crippen LogP contribution in [0.4, 0.5) is 5.82 Å². The van der Waals surface area contributed by atoms with Gasteiger partial charge in [-0.3, -0.25) is 0 Å². The number of thiazole rings is 1. The van der Waals surface area contributed by atoms with Gasteiger partial charge in [0.1, 0.15) is 5.82 Å². The number of nitrogens with one attached hydrogen (secondary N) is 1. The summed E-state index contributed by atoms with van der Waals surface area (Å²) in [7, 11) is 1.86. The molecule has 11 heteroatoms. The average molecular weight is 534 g/mol. The van der Waals surface area contributed by atoms with Gasteiger partial charge < -0.3 is 5.32 Å². The Kier molecular flexibility index (Phi) is 8.88. The van der Waals surface area contributed by atoms with Crippen LogP contribution in [0.25, 0.3) is 27.5 Å². The minimum atomic E-state index is 0.250. The SMILES string of the molecule is CNc1cc(-c2cn(-c3nc(-c4ccc(Cl)c(Cl)c4)c(SC(C)C)s3)nc2C)ccn1.O=C=O. The van der Waals surface area contributed by atoms with E-state index in [1.165, 1.54) is 0 Å². The van der Waals surface area contributed by atoms with E-state index in [1.54, 1.807) is 35.4 Å². The molecule has 1 aromatic carbocycles. The third-order valence-corrected chi connectivity index (χ3v) is 7.54. The summed E-state index contributed by atoms with van der Waals surface area (Å²) in [6, 6.07) is 9.62. The molecule has 0 amide bonds. The van der Waals surface area contributed by atoms with Crippen LogP contribution >= 0.6 is 46.3 Å². The number of carbonyl (C=O) groups excluding carboxylic acids is 2. The van der Waals surface area contributed by atoms with Gasteiger partial charge in [0.15, 0.2) is 0 Å². The summed E-state index contributed by atoms with van der Waals surface area (Å²) in [6.07, 6.45) is 4.06. The molecule has 0 fully saturated rings. The van der Waals surface area contributed by atoms with Crippen molar-refractivity contribution in [2.45, 2.75) is 30.2 Å². The van der Waals surface area contributed by atoms with Gasteiger partial charge in [-0.15, -0.1) is 11.8 Å². The molecule has 0 bridgehead atoms. The quantitative estimate of drug-likeness (QED) is 0.278. The van der Waals surface area contributed by atoms with Gasteiger partial charge in [0.2, 0.25) is 5.13 Å². The molecule has 176 valence electrons. The molecule has 0 aliphatic heterocycles. The van der Waals surface area contributed by atoms with E-state index >= 15 is 0 Å². The number of pyridine rings is 1. The normalized spacial score (nSPS) is 10.6. The highest BCUT2D eigenvalue weighted by molar-refractivity contribution is 8.01. The molecular formula is C23H21Cl2N5O2S2. The monoisotopic (exact) mass is 533 g/mol. The number of halogens is 2. The smallest absolute Gasteiger partial charge is 0.373 e. The van der Waals surface area contributed by atoms with E-state index in [9.17, 15) is 0 Å². The van der Waals surface area contributed by atoms with Gasteiger partial charge in [0.05, 0.1) is 25.6 Å². The lowest BCUT2D eigenvalue weighted by Gasteiger charge is -2.05. The number of anilines is 1. The van der Waals surface area contributed by atoms with Crippen LogP contribution in [-0.2, 0) is 9.59 Å². The Morgan fingerprint density at radius 3 is 2.50 bits per heavy atom. The second-order valence-electron chi connectivity index (χ2n) is 7.26. The van der Waals surface area contributed by atoms with Crippen molar-refractivity contribution in [2.24, 2.45) is 0 Å². The minimum Gasteiger partial charge on any atom is -0.373 e. The molecule has 0 radical (unpaired) electrons. The summed E-state index contributed by atoms with van der Waals surface area (Å²) < 4.78 is 2.97. The number of aryl methyl sites for hydroxylation is 1.